The van der Waals surface area contributed by atoms with Crippen molar-refractivity contribution in [3.8, 4) is 0 Å². The average molecular weight is 341 g/mol. The molecule has 0 unspecified atom stereocenters. The molecule has 2 nitrogen and oxygen atoms in total. The molecule has 0 fully saturated rings. The Morgan fingerprint density at radius 2 is 1.62 bits per heavy atom. The number of unbranched alkanes of at least 4 members (excludes halogenated alkanes) is 1. The Balaban J connectivity index is 2.75. The molecule has 2 aromatic rings. The molecule has 1 aromatic carbocycles. The van der Waals surface area contributed by atoms with Gasteiger partial charge in [0.1, 0.15) is 5.45 Å². The maximum Gasteiger partial charge on any atom is 0.170 e. The maximum atomic E-state index is 4.77. The molecule has 0 N–H and O–H groups in total. The van der Waals surface area contributed by atoms with Gasteiger partial charge in [0.05, 0.1) is 0 Å². The van der Waals surface area contributed by atoms with Crippen molar-refractivity contribution in [3.05, 3.63) is 47.8 Å². The van der Waals surface area contributed by atoms with Crippen LogP contribution in [-0.2, 0) is 6.42 Å². The van der Waals surface area contributed by atoms with Gasteiger partial charge in [0.25, 0.3) is 0 Å². The highest BCUT2D eigenvalue weighted by Crippen LogP contribution is 2.32. The smallest absolute Gasteiger partial charge is 0.170 e. The van der Waals surface area contributed by atoms with Crippen LogP contribution in [0.4, 0.5) is 0 Å². The highest BCUT2D eigenvalue weighted by molar-refractivity contribution is 7.03. The first-order valence-electron chi connectivity index (χ1n) is 9.32. The third kappa shape index (κ3) is 3.46. The molecule has 0 aliphatic rings. The van der Waals surface area contributed by atoms with E-state index in [1.54, 1.807) is 5.19 Å². The summed E-state index contributed by atoms with van der Waals surface area (Å²) in [4.78, 5) is 9.54. The Labute approximate surface area is 148 Å². The van der Waals surface area contributed by atoms with E-state index in [1.165, 1.54) is 24.0 Å². The predicted octanol–water partition coefficient (Wildman–Crippen LogP) is 4.51. The van der Waals surface area contributed by atoms with Gasteiger partial charge in [0.15, 0.2) is 8.07 Å². The van der Waals surface area contributed by atoms with E-state index < -0.39 is 8.07 Å². The second-order valence-electron chi connectivity index (χ2n) is 7.51. The van der Waals surface area contributed by atoms with Gasteiger partial charge in [-0.25, -0.2) is 9.97 Å². The molecule has 2 rings (SSSR count). The molecular weight excluding hydrogens is 308 g/mol. The van der Waals surface area contributed by atoms with E-state index in [1.807, 2.05) is 18.5 Å². The Kier molecular flexibility index (Phi) is 6.33. The largest absolute Gasteiger partial charge is 0.246 e. The minimum Gasteiger partial charge on any atom is -0.246 e. The molecule has 0 saturated carbocycles. The molecule has 0 aliphatic heterocycles. The van der Waals surface area contributed by atoms with Gasteiger partial charge in [-0.05, 0) is 47.7 Å². The number of hydrogen-bond donors (Lipinski definition) is 0. The molecule has 3 heteroatoms. The number of hydrogen-bond acceptors (Lipinski definition) is 2. The van der Waals surface area contributed by atoms with E-state index >= 15 is 0 Å². The molecule has 0 radical (unpaired) electrons. The lowest BCUT2D eigenvalue weighted by atomic mass is 10.1. The van der Waals surface area contributed by atoms with Gasteiger partial charge in [0, 0.05) is 12.4 Å². The van der Waals surface area contributed by atoms with Crippen molar-refractivity contribution >= 4 is 18.7 Å². The average Bonchev–Trinajstić information content (AvgIpc) is 2.55. The number of aryl methyl sites for hydroxylation is 2. The number of benzene rings is 1. The van der Waals surface area contributed by atoms with Crippen LogP contribution in [-0.4, -0.2) is 18.0 Å². The molecule has 0 spiro atoms. The Bertz CT molecular complexity index is 642. The summed E-state index contributed by atoms with van der Waals surface area (Å²) in [7, 11) is -2.05. The minimum absolute atomic E-state index is 0.557. The quantitative estimate of drug-likeness (QED) is 0.693. The van der Waals surface area contributed by atoms with Gasteiger partial charge in [-0.1, -0.05) is 64.8 Å². The van der Waals surface area contributed by atoms with E-state index in [0.29, 0.717) is 11.1 Å². The van der Waals surface area contributed by atoms with Crippen LogP contribution in [0.1, 0.15) is 58.6 Å². The lowest BCUT2D eigenvalue weighted by molar-refractivity contribution is 0.795. The fourth-order valence-corrected chi connectivity index (χ4v) is 9.73. The Morgan fingerprint density at radius 1 is 1.00 bits per heavy atom. The van der Waals surface area contributed by atoms with Gasteiger partial charge in [-0.2, -0.15) is 0 Å². The van der Waals surface area contributed by atoms with Gasteiger partial charge in [-0.15, -0.1) is 0 Å². The van der Waals surface area contributed by atoms with Crippen LogP contribution in [0, 0.1) is 6.92 Å². The van der Waals surface area contributed by atoms with E-state index in [4.69, 9.17) is 9.97 Å². The summed E-state index contributed by atoms with van der Waals surface area (Å²) < 4.78 is 0. The summed E-state index contributed by atoms with van der Waals surface area (Å²) in [5.41, 5.74) is 5.07. The normalized spacial score (nSPS) is 12.2. The molecule has 0 amide bonds. The summed E-state index contributed by atoms with van der Waals surface area (Å²) in [5.74, 6) is 0. The number of rotatable bonds is 7. The van der Waals surface area contributed by atoms with Gasteiger partial charge < -0.3 is 0 Å². The highest BCUT2D eigenvalue weighted by Gasteiger charge is 2.47. The number of nitrogens with zero attached hydrogens (tertiary/aromatic N) is 2. The first-order valence-corrected chi connectivity index (χ1v) is 11.5. The predicted molar refractivity (Wildman–Crippen MR) is 107 cm³/mol. The van der Waals surface area contributed by atoms with Gasteiger partial charge in [0.2, 0.25) is 0 Å². The molecule has 1 heterocycles. The van der Waals surface area contributed by atoms with Crippen molar-refractivity contribution in [2.45, 2.75) is 71.9 Å². The van der Waals surface area contributed by atoms with Crippen LogP contribution in [0.25, 0.3) is 0 Å². The van der Waals surface area contributed by atoms with Gasteiger partial charge in [-0.3, -0.25) is 0 Å². The third-order valence-corrected chi connectivity index (χ3v) is 11.3. The SMILES string of the molecule is CCCCc1ccc(C)cc1[Si](c1ncccn1)(C(C)C)C(C)C. The molecule has 0 aliphatic carbocycles. The summed E-state index contributed by atoms with van der Waals surface area (Å²) in [6.07, 6.45) is 7.46. The third-order valence-electron chi connectivity index (χ3n) is 5.27. The van der Waals surface area contributed by atoms with E-state index in [0.717, 1.165) is 11.9 Å². The van der Waals surface area contributed by atoms with Crippen molar-refractivity contribution in [2.75, 3.05) is 0 Å². The standard InChI is InChI=1S/C21H32N2Si/c1-7-8-10-19-12-11-18(6)15-20(19)24(16(2)3,17(4)5)21-22-13-9-14-23-21/h9,11-17H,7-8,10H2,1-6H3. The zero-order valence-electron chi connectivity index (χ0n) is 16.1. The summed E-state index contributed by atoms with van der Waals surface area (Å²) >= 11 is 0. The zero-order valence-corrected chi connectivity index (χ0v) is 17.1. The zero-order chi connectivity index (χ0) is 17.7. The maximum absolute atomic E-state index is 4.77. The summed E-state index contributed by atoms with van der Waals surface area (Å²) in [5, 5.41) is 1.56. The van der Waals surface area contributed by atoms with Crippen LogP contribution in [0.2, 0.25) is 11.1 Å². The van der Waals surface area contributed by atoms with E-state index in [2.05, 4.69) is 59.7 Å². The van der Waals surface area contributed by atoms with Crippen molar-refractivity contribution in [3.63, 3.8) is 0 Å². The lowest BCUT2D eigenvalue weighted by Crippen LogP contribution is -2.65. The first-order chi connectivity index (χ1) is 11.4. The molecule has 0 bridgehead atoms. The van der Waals surface area contributed by atoms with E-state index in [9.17, 15) is 0 Å². The monoisotopic (exact) mass is 340 g/mol. The molecule has 0 saturated heterocycles. The molecule has 130 valence electrons. The minimum atomic E-state index is -2.05. The van der Waals surface area contributed by atoms with E-state index in [-0.39, 0.29) is 0 Å². The lowest BCUT2D eigenvalue weighted by Gasteiger charge is -2.39. The van der Waals surface area contributed by atoms with Crippen molar-refractivity contribution < 1.29 is 0 Å². The Morgan fingerprint density at radius 3 is 2.17 bits per heavy atom. The van der Waals surface area contributed by atoms with Crippen LogP contribution in [0.5, 0.6) is 0 Å². The van der Waals surface area contributed by atoms with Crippen molar-refractivity contribution in [1.29, 1.82) is 0 Å². The molecule has 24 heavy (non-hydrogen) atoms. The molecule has 1 aromatic heterocycles. The summed E-state index contributed by atoms with van der Waals surface area (Å²) in [6.45, 7) is 14.0. The first kappa shape index (κ1) is 18.8. The molecule has 0 atom stereocenters. The fourth-order valence-electron chi connectivity index (χ4n) is 4.10. The number of aromatic nitrogens is 2. The highest BCUT2D eigenvalue weighted by atomic mass is 28.3. The van der Waals surface area contributed by atoms with Crippen molar-refractivity contribution in [1.82, 2.24) is 9.97 Å². The second-order valence-corrected chi connectivity index (χ2v) is 12.5. The van der Waals surface area contributed by atoms with Gasteiger partial charge >= 0.3 is 0 Å². The Hall–Kier alpha value is -1.48. The molecular formula is C21H32N2Si. The fraction of sp³-hybridized carbons (Fsp3) is 0.524. The van der Waals surface area contributed by atoms with Crippen LogP contribution < -0.4 is 10.6 Å². The van der Waals surface area contributed by atoms with Crippen LogP contribution in [0.15, 0.2) is 36.7 Å². The van der Waals surface area contributed by atoms with Crippen LogP contribution >= 0.6 is 0 Å². The second kappa shape index (κ2) is 8.06. The summed E-state index contributed by atoms with van der Waals surface area (Å²) in [6, 6.07) is 8.99. The van der Waals surface area contributed by atoms with Crippen LogP contribution in [0.3, 0.4) is 0 Å². The van der Waals surface area contributed by atoms with Crippen molar-refractivity contribution in [2.24, 2.45) is 0 Å². The topological polar surface area (TPSA) is 25.8 Å².